The third-order valence-electron chi connectivity index (χ3n) is 6.03. The van der Waals surface area contributed by atoms with Crippen molar-refractivity contribution in [1.82, 2.24) is 19.8 Å². The zero-order valence-corrected chi connectivity index (χ0v) is 22.4. The molecular formula is C24H18BrCl2F3N4O3. The largest absolute Gasteiger partial charge is 0.417 e. The highest BCUT2D eigenvalue weighted by atomic mass is 79.9. The summed E-state index contributed by atoms with van der Waals surface area (Å²) in [5, 5.41) is 2.36. The number of alkyl halides is 3. The van der Waals surface area contributed by atoms with Crippen LogP contribution in [0, 0.1) is 0 Å². The second kappa shape index (κ2) is 10.1. The second-order valence-electron chi connectivity index (χ2n) is 8.37. The Morgan fingerprint density at radius 3 is 2.43 bits per heavy atom. The molecule has 7 nitrogen and oxygen atoms in total. The van der Waals surface area contributed by atoms with Gasteiger partial charge in [0.15, 0.2) is 0 Å². The number of nitrogens with zero attached hydrogens (tertiary/aromatic N) is 3. The normalized spacial score (nSPS) is 15.4. The van der Waals surface area contributed by atoms with Gasteiger partial charge in [-0.2, -0.15) is 13.2 Å². The third-order valence-corrected chi connectivity index (χ3v) is 7.28. The predicted molar refractivity (Wildman–Crippen MR) is 135 cm³/mol. The third kappa shape index (κ3) is 5.12. The average molecular weight is 618 g/mol. The summed E-state index contributed by atoms with van der Waals surface area (Å²) in [6.45, 7) is 1.57. The number of hydrogen-bond donors (Lipinski definition) is 1. The zero-order chi connectivity index (χ0) is 27.2. The van der Waals surface area contributed by atoms with Gasteiger partial charge < -0.3 is 10.2 Å². The number of fused-ring (bicyclic) bond motifs is 1. The number of hydrogen-bond acceptors (Lipinski definition) is 4. The number of aromatic nitrogens is 2. The van der Waals surface area contributed by atoms with E-state index in [2.05, 4.69) is 26.2 Å². The van der Waals surface area contributed by atoms with Crippen LogP contribution >= 0.6 is 39.1 Å². The number of rotatable bonds is 3. The first-order valence-electron chi connectivity index (χ1n) is 10.8. The Morgan fingerprint density at radius 1 is 1.14 bits per heavy atom. The van der Waals surface area contributed by atoms with Crippen molar-refractivity contribution in [2.75, 3.05) is 7.05 Å². The Kier molecular flexibility index (Phi) is 7.42. The summed E-state index contributed by atoms with van der Waals surface area (Å²) in [6.07, 6.45) is -4.55. The van der Waals surface area contributed by atoms with Crippen LogP contribution in [0.4, 0.5) is 13.2 Å². The molecule has 2 aromatic carbocycles. The van der Waals surface area contributed by atoms with E-state index in [1.165, 1.54) is 42.3 Å². The first kappa shape index (κ1) is 27.2. The molecule has 1 atom stereocenters. The minimum Gasteiger partial charge on any atom is -0.355 e. The number of carbonyl (C=O) groups is 2. The molecule has 37 heavy (non-hydrogen) atoms. The van der Waals surface area contributed by atoms with Crippen molar-refractivity contribution in [3.8, 4) is 5.69 Å². The van der Waals surface area contributed by atoms with Gasteiger partial charge in [0, 0.05) is 34.3 Å². The van der Waals surface area contributed by atoms with Gasteiger partial charge in [0.05, 0.1) is 28.5 Å². The Balaban J connectivity index is 1.71. The van der Waals surface area contributed by atoms with Crippen LogP contribution in [0.5, 0.6) is 0 Å². The Hall–Kier alpha value is -2.89. The average Bonchev–Trinajstić information content (AvgIpc) is 2.83. The molecule has 0 spiro atoms. The van der Waals surface area contributed by atoms with Crippen molar-refractivity contribution in [3.05, 3.63) is 89.5 Å². The molecule has 0 fully saturated rings. The van der Waals surface area contributed by atoms with Gasteiger partial charge in [0.1, 0.15) is 0 Å². The SMILES string of the molecule is CNC(=O)c1ccc(-n2c(Cl)nc3c(c2=O)C[C@@H](C)N(C(=O)c2ccc(Br)c(C(F)(F)F)c2)C3)c(Cl)c1. The highest BCUT2D eigenvalue weighted by Crippen LogP contribution is 2.36. The molecule has 13 heteroatoms. The van der Waals surface area contributed by atoms with Crippen LogP contribution in [-0.2, 0) is 19.1 Å². The number of benzene rings is 2. The van der Waals surface area contributed by atoms with Crippen LogP contribution in [-0.4, -0.2) is 39.4 Å². The summed E-state index contributed by atoms with van der Waals surface area (Å²) in [5.41, 5.74) is -0.550. The molecule has 1 aliphatic rings. The monoisotopic (exact) mass is 616 g/mol. The highest BCUT2D eigenvalue weighted by Gasteiger charge is 2.36. The summed E-state index contributed by atoms with van der Waals surface area (Å²) in [4.78, 5) is 44.1. The zero-order valence-electron chi connectivity index (χ0n) is 19.3. The maximum Gasteiger partial charge on any atom is 0.417 e. The molecule has 194 valence electrons. The van der Waals surface area contributed by atoms with E-state index < -0.39 is 29.2 Å². The Bertz CT molecular complexity index is 1490. The fraction of sp³-hybridized carbons (Fsp3) is 0.250. The molecule has 1 aromatic heterocycles. The Labute approximate surface area is 227 Å². The van der Waals surface area contributed by atoms with Crippen molar-refractivity contribution >= 4 is 50.9 Å². The smallest absolute Gasteiger partial charge is 0.355 e. The van der Waals surface area contributed by atoms with E-state index in [1.54, 1.807) is 6.92 Å². The topological polar surface area (TPSA) is 84.3 Å². The quantitative estimate of drug-likeness (QED) is 0.406. The molecular weight excluding hydrogens is 600 g/mol. The first-order chi connectivity index (χ1) is 17.3. The van der Waals surface area contributed by atoms with Crippen molar-refractivity contribution in [2.45, 2.75) is 32.1 Å². The lowest BCUT2D eigenvalue weighted by Crippen LogP contribution is -2.45. The van der Waals surface area contributed by atoms with Crippen molar-refractivity contribution in [3.63, 3.8) is 0 Å². The van der Waals surface area contributed by atoms with Crippen LogP contribution in [0.1, 0.15) is 44.5 Å². The summed E-state index contributed by atoms with van der Waals surface area (Å²) in [5.74, 6) is -0.992. The molecule has 0 saturated heterocycles. The maximum atomic E-state index is 13.4. The Morgan fingerprint density at radius 2 is 1.81 bits per heavy atom. The minimum absolute atomic E-state index is 0.0979. The number of carbonyl (C=O) groups excluding carboxylic acids is 2. The summed E-state index contributed by atoms with van der Waals surface area (Å²) < 4.78 is 41.0. The highest BCUT2D eigenvalue weighted by molar-refractivity contribution is 9.10. The number of halogens is 6. The molecule has 0 bridgehead atoms. The van der Waals surface area contributed by atoms with Crippen LogP contribution < -0.4 is 10.9 Å². The molecule has 2 heterocycles. The van der Waals surface area contributed by atoms with E-state index in [-0.39, 0.29) is 56.2 Å². The van der Waals surface area contributed by atoms with Gasteiger partial charge in [-0.05, 0) is 61.3 Å². The number of nitrogens with one attached hydrogen (secondary N) is 1. The van der Waals surface area contributed by atoms with Crippen LogP contribution in [0.2, 0.25) is 10.3 Å². The summed E-state index contributed by atoms with van der Waals surface area (Å²) >= 11 is 15.6. The fourth-order valence-corrected chi connectivity index (χ4v) is 5.13. The lowest BCUT2D eigenvalue weighted by atomic mass is 9.98. The molecule has 3 aromatic rings. The van der Waals surface area contributed by atoms with Gasteiger partial charge in [-0.15, -0.1) is 0 Å². The fourth-order valence-electron chi connectivity index (χ4n) is 4.13. The van der Waals surface area contributed by atoms with E-state index in [0.29, 0.717) is 5.56 Å². The van der Waals surface area contributed by atoms with Crippen LogP contribution in [0.25, 0.3) is 5.69 Å². The van der Waals surface area contributed by atoms with E-state index in [9.17, 15) is 27.6 Å². The van der Waals surface area contributed by atoms with Gasteiger partial charge >= 0.3 is 6.18 Å². The summed E-state index contributed by atoms with van der Waals surface area (Å²) in [7, 11) is 1.47. The minimum atomic E-state index is -4.64. The predicted octanol–water partition coefficient (Wildman–Crippen LogP) is 5.27. The lowest BCUT2D eigenvalue weighted by molar-refractivity contribution is -0.138. The van der Waals surface area contributed by atoms with Crippen LogP contribution in [0.15, 0.2) is 45.7 Å². The van der Waals surface area contributed by atoms with Gasteiger partial charge in [0.2, 0.25) is 5.28 Å². The standard InChI is InChI=1S/C24H18BrCl2F3N4O3/c1-11-7-14-18(10-33(11)21(36)13-3-5-16(25)15(8-13)24(28,29)30)32-23(27)34(22(14)37)19-6-4-12(9-17(19)26)20(35)31-2/h3-6,8-9,11H,7,10H2,1-2H3,(H,31,35)/t11-/m1/s1. The van der Waals surface area contributed by atoms with Crippen molar-refractivity contribution in [2.24, 2.45) is 0 Å². The van der Waals surface area contributed by atoms with Gasteiger partial charge in [-0.1, -0.05) is 27.5 Å². The molecule has 4 rings (SSSR count). The maximum absolute atomic E-state index is 13.4. The van der Waals surface area contributed by atoms with E-state index >= 15 is 0 Å². The number of amides is 2. The van der Waals surface area contributed by atoms with E-state index in [4.69, 9.17) is 23.2 Å². The molecule has 0 saturated carbocycles. The van der Waals surface area contributed by atoms with Gasteiger partial charge in [-0.25, -0.2) is 9.55 Å². The van der Waals surface area contributed by atoms with Crippen molar-refractivity contribution in [1.29, 1.82) is 0 Å². The second-order valence-corrected chi connectivity index (χ2v) is 9.97. The molecule has 2 amide bonds. The van der Waals surface area contributed by atoms with Gasteiger partial charge in [0.25, 0.3) is 17.4 Å². The van der Waals surface area contributed by atoms with Crippen LogP contribution in [0.3, 0.4) is 0 Å². The molecule has 1 N–H and O–H groups in total. The molecule has 0 radical (unpaired) electrons. The lowest BCUT2D eigenvalue weighted by Gasteiger charge is -2.34. The summed E-state index contributed by atoms with van der Waals surface area (Å²) in [6, 6.07) is 7.10. The van der Waals surface area contributed by atoms with Gasteiger partial charge in [-0.3, -0.25) is 14.4 Å². The molecule has 0 aliphatic carbocycles. The van der Waals surface area contributed by atoms with E-state index in [0.717, 1.165) is 10.6 Å². The molecule has 1 aliphatic heterocycles. The first-order valence-corrected chi connectivity index (χ1v) is 12.4. The molecule has 0 unspecified atom stereocenters. The van der Waals surface area contributed by atoms with Crippen molar-refractivity contribution < 1.29 is 22.8 Å². The van der Waals surface area contributed by atoms with E-state index in [1.807, 2.05) is 0 Å².